The zero-order valence-electron chi connectivity index (χ0n) is 7.05. The second kappa shape index (κ2) is 4.22. The van der Waals surface area contributed by atoms with Gasteiger partial charge in [0.2, 0.25) is 0 Å². The number of rotatable bonds is 2. The first-order valence-electron chi connectivity index (χ1n) is 4.08. The first kappa shape index (κ1) is 8.49. The molecule has 13 heavy (non-hydrogen) atoms. The van der Waals surface area contributed by atoms with Crippen molar-refractivity contribution in [3.63, 3.8) is 0 Å². The second-order valence-corrected chi connectivity index (χ2v) is 5.00. The summed E-state index contributed by atoms with van der Waals surface area (Å²) >= 11 is 0.421. The maximum absolute atomic E-state index is 4.00. The molecule has 0 aliphatic carbocycles. The van der Waals surface area contributed by atoms with Crippen LogP contribution >= 0.6 is 0 Å². The molecule has 0 radical (unpaired) electrons. The van der Waals surface area contributed by atoms with E-state index in [1.165, 1.54) is 8.92 Å². The van der Waals surface area contributed by atoms with E-state index in [2.05, 4.69) is 41.4 Å². The quantitative estimate of drug-likeness (QED) is 0.698. The van der Waals surface area contributed by atoms with Gasteiger partial charge in [-0.25, -0.2) is 0 Å². The molecular formula is C11H9NSe. The molecule has 0 N–H and O–H groups in total. The van der Waals surface area contributed by atoms with Crippen LogP contribution in [0.4, 0.5) is 0 Å². The third-order valence-corrected chi connectivity index (χ3v) is 3.76. The molecule has 0 aliphatic heterocycles. The Bertz CT molecular complexity index is 321. The molecule has 0 unspecified atom stereocenters. The van der Waals surface area contributed by atoms with Crippen LogP contribution in [0.3, 0.4) is 0 Å². The fraction of sp³-hybridized carbons (Fsp3) is 0. The van der Waals surface area contributed by atoms with Crippen LogP contribution in [0.1, 0.15) is 0 Å². The predicted molar refractivity (Wildman–Crippen MR) is 55.7 cm³/mol. The van der Waals surface area contributed by atoms with E-state index in [4.69, 9.17) is 0 Å². The molecule has 1 nitrogen and oxygen atoms in total. The third-order valence-electron chi connectivity index (χ3n) is 1.63. The molecule has 0 amide bonds. The van der Waals surface area contributed by atoms with Gasteiger partial charge in [-0.05, 0) is 0 Å². The Labute approximate surface area is 84.0 Å². The van der Waals surface area contributed by atoms with E-state index in [0.717, 1.165) is 0 Å². The van der Waals surface area contributed by atoms with E-state index in [-0.39, 0.29) is 0 Å². The van der Waals surface area contributed by atoms with Gasteiger partial charge in [-0.2, -0.15) is 0 Å². The van der Waals surface area contributed by atoms with Crippen LogP contribution in [0.2, 0.25) is 0 Å². The summed E-state index contributed by atoms with van der Waals surface area (Å²) in [5, 5.41) is 0. The van der Waals surface area contributed by atoms with E-state index in [9.17, 15) is 0 Å². The van der Waals surface area contributed by atoms with E-state index < -0.39 is 0 Å². The summed E-state index contributed by atoms with van der Waals surface area (Å²) in [6, 6.07) is 14.7. The van der Waals surface area contributed by atoms with Gasteiger partial charge >= 0.3 is 83.7 Å². The zero-order chi connectivity index (χ0) is 8.93. The number of benzene rings is 1. The van der Waals surface area contributed by atoms with Gasteiger partial charge in [-0.15, -0.1) is 0 Å². The van der Waals surface area contributed by atoms with Crippen molar-refractivity contribution in [2.45, 2.75) is 0 Å². The van der Waals surface area contributed by atoms with Crippen molar-refractivity contribution in [1.82, 2.24) is 4.98 Å². The minimum absolute atomic E-state index is 0.421. The summed E-state index contributed by atoms with van der Waals surface area (Å²) < 4.78 is 2.77. The van der Waals surface area contributed by atoms with Crippen molar-refractivity contribution in [2.75, 3.05) is 0 Å². The Morgan fingerprint density at radius 3 is 2.08 bits per heavy atom. The monoisotopic (exact) mass is 235 g/mol. The molecule has 2 heteroatoms. The summed E-state index contributed by atoms with van der Waals surface area (Å²) in [6.45, 7) is 0. The summed E-state index contributed by atoms with van der Waals surface area (Å²) in [6.07, 6.45) is 3.69. The Kier molecular flexibility index (Phi) is 2.75. The summed E-state index contributed by atoms with van der Waals surface area (Å²) in [5.74, 6) is 0. The molecular weight excluding hydrogens is 225 g/mol. The molecule has 2 rings (SSSR count). The average Bonchev–Trinajstić information content (AvgIpc) is 2.21. The summed E-state index contributed by atoms with van der Waals surface area (Å²) in [4.78, 5) is 4.00. The normalized spacial score (nSPS) is 9.85. The van der Waals surface area contributed by atoms with E-state index in [1.807, 2.05) is 18.5 Å². The molecule has 64 valence electrons. The van der Waals surface area contributed by atoms with Crippen molar-refractivity contribution < 1.29 is 0 Å². The number of hydrogen-bond donors (Lipinski definition) is 0. The Morgan fingerprint density at radius 2 is 1.38 bits per heavy atom. The molecule has 0 bridgehead atoms. The molecule has 0 saturated heterocycles. The van der Waals surface area contributed by atoms with Gasteiger partial charge in [0.25, 0.3) is 0 Å². The third kappa shape index (κ3) is 2.41. The molecule has 1 heterocycles. The molecule has 1 aromatic heterocycles. The van der Waals surface area contributed by atoms with Gasteiger partial charge in [-0.1, -0.05) is 0 Å². The standard InChI is InChI=1S/C11H9NSe/c1-2-4-10(5-3-1)13-11-6-8-12-9-7-11/h1-9H. The van der Waals surface area contributed by atoms with Crippen LogP contribution < -0.4 is 8.92 Å². The number of aromatic nitrogens is 1. The zero-order valence-corrected chi connectivity index (χ0v) is 8.76. The van der Waals surface area contributed by atoms with Crippen LogP contribution in [0.25, 0.3) is 0 Å². The van der Waals surface area contributed by atoms with Gasteiger partial charge in [0.15, 0.2) is 0 Å². The first-order chi connectivity index (χ1) is 6.45. The van der Waals surface area contributed by atoms with Crippen molar-refractivity contribution >= 4 is 23.9 Å². The second-order valence-electron chi connectivity index (χ2n) is 2.60. The Balaban J connectivity index is 2.16. The van der Waals surface area contributed by atoms with Crippen molar-refractivity contribution in [1.29, 1.82) is 0 Å². The maximum atomic E-state index is 4.00. The van der Waals surface area contributed by atoms with Crippen molar-refractivity contribution in [3.8, 4) is 0 Å². The predicted octanol–water partition coefficient (Wildman–Crippen LogP) is 0.737. The van der Waals surface area contributed by atoms with E-state index >= 15 is 0 Å². The molecule has 0 saturated carbocycles. The number of pyridine rings is 1. The fourth-order valence-electron chi connectivity index (χ4n) is 1.03. The van der Waals surface area contributed by atoms with Crippen LogP contribution in [0, 0.1) is 0 Å². The Hall–Kier alpha value is -1.11. The number of nitrogens with zero attached hydrogens (tertiary/aromatic N) is 1. The fourth-order valence-corrected chi connectivity index (χ4v) is 2.76. The van der Waals surface area contributed by atoms with Gasteiger partial charge in [0.1, 0.15) is 0 Å². The van der Waals surface area contributed by atoms with E-state index in [1.54, 1.807) is 0 Å². The molecule has 1 aromatic carbocycles. The van der Waals surface area contributed by atoms with Crippen molar-refractivity contribution in [3.05, 3.63) is 54.9 Å². The summed E-state index contributed by atoms with van der Waals surface area (Å²) in [7, 11) is 0. The van der Waals surface area contributed by atoms with Gasteiger partial charge in [0, 0.05) is 0 Å². The van der Waals surface area contributed by atoms with E-state index in [0.29, 0.717) is 15.0 Å². The minimum atomic E-state index is 0.421. The van der Waals surface area contributed by atoms with Gasteiger partial charge < -0.3 is 0 Å². The van der Waals surface area contributed by atoms with Crippen LogP contribution in [0.15, 0.2) is 54.9 Å². The average molecular weight is 234 g/mol. The van der Waals surface area contributed by atoms with Gasteiger partial charge in [-0.3, -0.25) is 0 Å². The van der Waals surface area contributed by atoms with Crippen LogP contribution in [0.5, 0.6) is 0 Å². The topological polar surface area (TPSA) is 12.9 Å². The molecule has 0 spiro atoms. The first-order valence-corrected chi connectivity index (χ1v) is 5.79. The van der Waals surface area contributed by atoms with Crippen molar-refractivity contribution in [2.24, 2.45) is 0 Å². The SMILES string of the molecule is c1ccc([Se]c2ccncc2)cc1. The Morgan fingerprint density at radius 1 is 0.769 bits per heavy atom. The summed E-state index contributed by atoms with van der Waals surface area (Å²) in [5.41, 5.74) is 0. The molecule has 0 aliphatic rings. The molecule has 0 atom stereocenters. The number of hydrogen-bond acceptors (Lipinski definition) is 1. The van der Waals surface area contributed by atoms with Crippen LogP contribution in [-0.2, 0) is 0 Å². The van der Waals surface area contributed by atoms with Crippen LogP contribution in [-0.4, -0.2) is 19.9 Å². The van der Waals surface area contributed by atoms with Gasteiger partial charge in [0.05, 0.1) is 0 Å². The molecule has 2 aromatic rings. The molecule has 0 fully saturated rings.